The first-order valence-corrected chi connectivity index (χ1v) is 5.74. The molecule has 78 valence electrons. The van der Waals surface area contributed by atoms with Gasteiger partial charge in [0.1, 0.15) is 0 Å². The number of nitriles is 1. The molecule has 0 aliphatic heterocycles. The van der Waals surface area contributed by atoms with Crippen molar-refractivity contribution in [3.05, 3.63) is 0 Å². The summed E-state index contributed by atoms with van der Waals surface area (Å²) in [7, 11) is 0. The molecule has 0 saturated carbocycles. The number of hydrogen-bond acceptors (Lipinski definition) is 1. The van der Waals surface area contributed by atoms with Crippen molar-refractivity contribution in [2.24, 2.45) is 0 Å². The molecule has 0 unspecified atom stereocenters. The number of unbranched alkanes of at least 4 members (excludes halogenated alkanes) is 7. The Kier molecular flexibility index (Phi) is 11.2. The fourth-order valence-corrected chi connectivity index (χ4v) is 1.36. The van der Waals surface area contributed by atoms with E-state index in [9.17, 15) is 0 Å². The first-order valence-electron chi connectivity index (χ1n) is 5.74. The molecule has 14 heavy (non-hydrogen) atoms. The molecule has 0 aliphatic carbocycles. The Morgan fingerprint density at radius 2 is 1.50 bits per heavy atom. The molecule has 0 spiro atoms. The summed E-state index contributed by atoms with van der Waals surface area (Å²) in [6, 6.07) is 2.02. The maximum absolute atomic E-state index is 8.24. The van der Waals surface area contributed by atoms with Gasteiger partial charge in [-0.1, -0.05) is 51.4 Å². The van der Waals surface area contributed by atoms with Gasteiger partial charge in [-0.05, 0) is 6.42 Å². The van der Waals surface area contributed by atoms with Crippen LogP contribution in [0.1, 0.15) is 64.7 Å². The summed E-state index contributed by atoms with van der Waals surface area (Å²) in [5.74, 6) is 5.85. The molecule has 0 aromatic carbocycles. The highest BCUT2D eigenvalue weighted by molar-refractivity contribution is 5.04. The maximum atomic E-state index is 8.24. The summed E-state index contributed by atoms with van der Waals surface area (Å²) in [6.07, 6.45) is 10.7. The Labute approximate surface area is 88.5 Å². The van der Waals surface area contributed by atoms with Crippen molar-refractivity contribution in [3.63, 3.8) is 0 Å². The van der Waals surface area contributed by atoms with Crippen LogP contribution in [0.4, 0.5) is 0 Å². The SMILES string of the molecule is CCCCCCCCCC#CCC#N. The number of nitrogens with zero attached hydrogens (tertiary/aromatic N) is 1. The van der Waals surface area contributed by atoms with E-state index >= 15 is 0 Å². The fourth-order valence-electron chi connectivity index (χ4n) is 1.36. The first-order chi connectivity index (χ1) is 6.91. The molecule has 0 bridgehead atoms. The Balaban J connectivity index is 3.00. The molecule has 0 saturated heterocycles. The van der Waals surface area contributed by atoms with Gasteiger partial charge in [0, 0.05) is 6.42 Å². The molecule has 0 aromatic rings. The Morgan fingerprint density at radius 3 is 2.14 bits per heavy atom. The highest BCUT2D eigenvalue weighted by Gasteiger charge is 1.88. The second-order valence-corrected chi connectivity index (χ2v) is 3.56. The average molecular weight is 191 g/mol. The Morgan fingerprint density at radius 1 is 0.857 bits per heavy atom. The standard InChI is InChI=1S/C13H21N/c1-2-3-4-5-6-7-8-9-10-11-12-13-14/h2-9,12H2,1H3. The smallest absolute Gasteiger partial charge is 0.0962 e. The highest BCUT2D eigenvalue weighted by Crippen LogP contribution is 2.07. The quantitative estimate of drug-likeness (QED) is 0.440. The van der Waals surface area contributed by atoms with Gasteiger partial charge in [0.25, 0.3) is 0 Å². The number of rotatable bonds is 7. The van der Waals surface area contributed by atoms with Crippen molar-refractivity contribution < 1.29 is 0 Å². The summed E-state index contributed by atoms with van der Waals surface area (Å²) >= 11 is 0. The van der Waals surface area contributed by atoms with E-state index in [-0.39, 0.29) is 0 Å². The van der Waals surface area contributed by atoms with Crippen LogP contribution >= 0.6 is 0 Å². The molecular weight excluding hydrogens is 170 g/mol. The van der Waals surface area contributed by atoms with Crippen molar-refractivity contribution >= 4 is 0 Å². The van der Waals surface area contributed by atoms with Gasteiger partial charge in [-0.25, -0.2) is 0 Å². The van der Waals surface area contributed by atoms with E-state index in [1.165, 1.54) is 44.9 Å². The Bertz CT molecular complexity index is 202. The van der Waals surface area contributed by atoms with Gasteiger partial charge in [0.15, 0.2) is 0 Å². The third-order valence-electron chi connectivity index (χ3n) is 2.20. The predicted molar refractivity (Wildman–Crippen MR) is 60.6 cm³/mol. The van der Waals surface area contributed by atoms with Gasteiger partial charge in [-0.3, -0.25) is 0 Å². The van der Waals surface area contributed by atoms with Crippen LogP contribution in [0.3, 0.4) is 0 Å². The van der Waals surface area contributed by atoms with Crippen LogP contribution in [0.15, 0.2) is 0 Å². The van der Waals surface area contributed by atoms with E-state index in [1.807, 2.05) is 6.07 Å². The lowest BCUT2D eigenvalue weighted by atomic mass is 10.1. The molecule has 0 amide bonds. The van der Waals surface area contributed by atoms with Crippen LogP contribution in [0, 0.1) is 23.2 Å². The molecule has 0 atom stereocenters. The Hall–Kier alpha value is -0.950. The monoisotopic (exact) mass is 191 g/mol. The molecule has 0 fully saturated rings. The topological polar surface area (TPSA) is 23.8 Å². The molecule has 1 nitrogen and oxygen atoms in total. The molecular formula is C13H21N. The summed E-state index contributed by atoms with van der Waals surface area (Å²) in [5, 5.41) is 8.24. The van der Waals surface area contributed by atoms with Crippen LogP contribution in [0.5, 0.6) is 0 Å². The fraction of sp³-hybridized carbons (Fsp3) is 0.769. The zero-order chi connectivity index (χ0) is 10.5. The van der Waals surface area contributed by atoms with Crippen LogP contribution in [-0.2, 0) is 0 Å². The third kappa shape index (κ3) is 11.1. The van der Waals surface area contributed by atoms with Crippen molar-refractivity contribution in [2.45, 2.75) is 64.7 Å². The zero-order valence-electron chi connectivity index (χ0n) is 9.31. The molecule has 0 heterocycles. The molecule has 0 radical (unpaired) electrons. The second-order valence-electron chi connectivity index (χ2n) is 3.56. The van der Waals surface area contributed by atoms with Crippen LogP contribution in [-0.4, -0.2) is 0 Å². The summed E-state index contributed by atoms with van der Waals surface area (Å²) in [6.45, 7) is 2.24. The summed E-state index contributed by atoms with van der Waals surface area (Å²) in [5.41, 5.74) is 0. The largest absolute Gasteiger partial charge is 0.197 e. The summed E-state index contributed by atoms with van der Waals surface area (Å²) < 4.78 is 0. The minimum Gasteiger partial charge on any atom is -0.197 e. The van der Waals surface area contributed by atoms with Gasteiger partial charge >= 0.3 is 0 Å². The van der Waals surface area contributed by atoms with Gasteiger partial charge in [-0.2, -0.15) is 5.26 Å². The number of hydrogen-bond donors (Lipinski definition) is 0. The van der Waals surface area contributed by atoms with Gasteiger partial charge < -0.3 is 0 Å². The first kappa shape index (κ1) is 13.1. The molecule has 0 aliphatic rings. The molecule has 0 N–H and O–H groups in total. The minimum absolute atomic E-state index is 0.385. The van der Waals surface area contributed by atoms with Crippen molar-refractivity contribution in [1.82, 2.24) is 0 Å². The van der Waals surface area contributed by atoms with Gasteiger partial charge in [0.2, 0.25) is 0 Å². The third-order valence-corrected chi connectivity index (χ3v) is 2.20. The highest BCUT2D eigenvalue weighted by atomic mass is 14.2. The van der Waals surface area contributed by atoms with Crippen molar-refractivity contribution in [2.75, 3.05) is 0 Å². The molecule has 0 rings (SSSR count). The zero-order valence-corrected chi connectivity index (χ0v) is 9.31. The molecule has 0 aromatic heterocycles. The van der Waals surface area contributed by atoms with Gasteiger partial charge in [-0.15, -0.1) is 5.92 Å². The van der Waals surface area contributed by atoms with E-state index in [4.69, 9.17) is 5.26 Å². The van der Waals surface area contributed by atoms with Crippen LogP contribution in [0.2, 0.25) is 0 Å². The van der Waals surface area contributed by atoms with Crippen molar-refractivity contribution in [3.8, 4) is 17.9 Å². The lowest BCUT2D eigenvalue weighted by Gasteiger charge is -1.97. The van der Waals surface area contributed by atoms with Gasteiger partial charge in [0.05, 0.1) is 12.5 Å². The average Bonchev–Trinajstić information content (AvgIpc) is 2.21. The maximum Gasteiger partial charge on any atom is 0.0962 e. The van der Waals surface area contributed by atoms with Crippen molar-refractivity contribution in [1.29, 1.82) is 5.26 Å². The van der Waals surface area contributed by atoms with Crippen LogP contribution in [0.25, 0.3) is 0 Å². The normalized spacial score (nSPS) is 8.86. The lowest BCUT2D eigenvalue weighted by Crippen LogP contribution is -1.78. The molecule has 1 heteroatoms. The van der Waals surface area contributed by atoms with Crippen LogP contribution < -0.4 is 0 Å². The second kappa shape index (κ2) is 12.0. The predicted octanol–water partition coefficient (Wildman–Crippen LogP) is 4.04. The van der Waals surface area contributed by atoms with E-state index in [1.54, 1.807) is 0 Å². The van der Waals surface area contributed by atoms with E-state index < -0.39 is 0 Å². The minimum atomic E-state index is 0.385. The summed E-state index contributed by atoms with van der Waals surface area (Å²) in [4.78, 5) is 0. The van der Waals surface area contributed by atoms with E-state index in [0.717, 1.165) is 6.42 Å². The van der Waals surface area contributed by atoms with E-state index in [0.29, 0.717) is 6.42 Å². The lowest BCUT2D eigenvalue weighted by molar-refractivity contribution is 0.594. The van der Waals surface area contributed by atoms with E-state index in [2.05, 4.69) is 18.8 Å².